The van der Waals surface area contributed by atoms with Crippen molar-refractivity contribution in [2.24, 2.45) is 5.92 Å². The Morgan fingerprint density at radius 3 is 2.31 bits per heavy atom. The molecule has 286 valence electrons. The molecule has 4 aromatic carbocycles. The van der Waals surface area contributed by atoms with Crippen LogP contribution in [0.25, 0.3) is 0 Å². The number of ether oxygens (including phenoxy) is 1. The van der Waals surface area contributed by atoms with E-state index < -0.39 is 23.0 Å². The van der Waals surface area contributed by atoms with E-state index in [-0.39, 0.29) is 37.9 Å². The number of carbonyl (C=O) groups is 3. The predicted molar refractivity (Wildman–Crippen MR) is 212 cm³/mol. The second-order valence-corrected chi connectivity index (χ2v) is 14.6. The molecule has 0 aliphatic carbocycles. The van der Waals surface area contributed by atoms with E-state index in [4.69, 9.17) is 4.74 Å². The van der Waals surface area contributed by atoms with E-state index >= 15 is 0 Å². The number of methoxy groups -OCH3 is 1. The maximum Gasteiger partial charge on any atom is 0.264 e. The summed E-state index contributed by atoms with van der Waals surface area (Å²) in [6.07, 6.45) is 4.83. The Morgan fingerprint density at radius 1 is 0.909 bits per heavy atom. The first-order valence-electron chi connectivity index (χ1n) is 19.0. The van der Waals surface area contributed by atoms with E-state index in [9.17, 15) is 24.6 Å². The first-order chi connectivity index (χ1) is 26.7. The minimum Gasteiger partial charge on any atom is -0.497 e. The van der Waals surface area contributed by atoms with E-state index in [2.05, 4.69) is 22.3 Å². The van der Waals surface area contributed by atoms with Crippen molar-refractivity contribution in [3.63, 3.8) is 0 Å². The van der Waals surface area contributed by atoms with Crippen LogP contribution in [0.5, 0.6) is 5.75 Å². The molecule has 3 aliphatic rings. The van der Waals surface area contributed by atoms with E-state index in [0.29, 0.717) is 43.1 Å². The summed E-state index contributed by atoms with van der Waals surface area (Å²) in [5.74, 6) is -0.801. The Bertz CT molecular complexity index is 2030. The number of hydrogen-bond acceptors (Lipinski definition) is 8. The molecule has 55 heavy (non-hydrogen) atoms. The molecule has 11 heteroatoms. The van der Waals surface area contributed by atoms with Crippen LogP contribution in [0.4, 0.5) is 17.1 Å². The van der Waals surface area contributed by atoms with Crippen molar-refractivity contribution < 1.29 is 29.3 Å². The molecule has 0 bridgehead atoms. The third-order valence-electron chi connectivity index (χ3n) is 11.3. The molecule has 2 fully saturated rings. The molecule has 4 aromatic rings. The number of para-hydroxylation sites is 1. The van der Waals surface area contributed by atoms with Gasteiger partial charge >= 0.3 is 0 Å². The maximum atomic E-state index is 14.4. The average molecular weight is 744 g/mol. The van der Waals surface area contributed by atoms with E-state index in [1.165, 1.54) is 7.11 Å². The van der Waals surface area contributed by atoms with Crippen LogP contribution in [0.1, 0.15) is 42.9 Å². The molecule has 0 saturated carbocycles. The van der Waals surface area contributed by atoms with E-state index in [0.717, 1.165) is 35.6 Å². The van der Waals surface area contributed by atoms with Gasteiger partial charge in [-0.15, -0.1) is 0 Å². The predicted octanol–water partition coefficient (Wildman–Crippen LogP) is 4.97. The highest BCUT2D eigenvalue weighted by Gasteiger charge is 2.54. The first kappa shape index (κ1) is 37.8. The second kappa shape index (κ2) is 16.1. The summed E-state index contributed by atoms with van der Waals surface area (Å²) in [6, 6.07) is 32.6. The molecule has 0 aromatic heterocycles. The van der Waals surface area contributed by atoms with Crippen LogP contribution in [0.15, 0.2) is 115 Å². The molecule has 3 N–H and O–H groups in total. The molecule has 2 saturated heterocycles. The summed E-state index contributed by atoms with van der Waals surface area (Å²) in [6.45, 7) is 4.25. The van der Waals surface area contributed by atoms with Crippen molar-refractivity contribution in [3.05, 3.63) is 132 Å². The van der Waals surface area contributed by atoms with Crippen LogP contribution in [0.2, 0.25) is 0 Å². The van der Waals surface area contributed by atoms with Crippen molar-refractivity contribution in [1.29, 1.82) is 0 Å². The topological polar surface area (TPSA) is 126 Å². The van der Waals surface area contributed by atoms with Crippen LogP contribution in [-0.2, 0) is 33.1 Å². The second-order valence-electron chi connectivity index (χ2n) is 14.6. The van der Waals surface area contributed by atoms with Gasteiger partial charge in [0.1, 0.15) is 11.3 Å². The molecule has 7 rings (SSSR count). The lowest BCUT2D eigenvalue weighted by Gasteiger charge is -2.39. The molecule has 2 atom stereocenters. The standard InChI is InChI=1S/C44H49N5O6/c1-32(11-9-18-40(51)46(25-26-50)29-33-12-5-3-6-13-33)44(54)38-28-37(55-2)19-20-39(38)47(42(44)53)30-34-14-10-17-36(27-34)48-31-49(35-15-7-4-8-16-35)43(41(48)52)21-23-45-24-22-43/h3-17,19-20,27-28,32,45,50,54H,18,21-26,29-31H2,1-2H3/b11-9+/t32-,44+/m0/s1. The molecular formula is C44H49N5O6. The van der Waals surface area contributed by atoms with Gasteiger partial charge in [-0.2, -0.15) is 0 Å². The summed E-state index contributed by atoms with van der Waals surface area (Å²) < 4.78 is 5.51. The summed E-state index contributed by atoms with van der Waals surface area (Å²) in [4.78, 5) is 49.3. The van der Waals surface area contributed by atoms with Gasteiger partial charge in [-0.1, -0.05) is 79.7 Å². The van der Waals surface area contributed by atoms with Crippen molar-refractivity contribution >= 4 is 34.8 Å². The van der Waals surface area contributed by atoms with Crippen molar-refractivity contribution in [3.8, 4) is 5.75 Å². The lowest BCUT2D eigenvalue weighted by atomic mass is 9.83. The van der Waals surface area contributed by atoms with Gasteiger partial charge in [0, 0.05) is 42.4 Å². The highest BCUT2D eigenvalue weighted by Crippen LogP contribution is 2.47. The van der Waals surface area contributed by atoms with Crippen molar-refractivity contribution in [1.82, 2.24) is 10.2 Å². The smallest absolute Gasteiger partial charge is 0.264 e. The number of benzene rings is 4. The number of rotatable bonds is 13. The highest BCUT2D eigenvalue weighted by molar-refractivity contribution is 6.08. The number of nitrogens with one attached hydrogen (secondary N) is 1. The van der Waals surface area contributed by atoms with Crippen LogP contribution in [-0.4, -0.2) is 78.4 Å². The van der Waals surface area contributed by atoms with Crippen LogP contribution in [0, 0.1) is 5.92 Å². The van der Waals surface area contributed by atoms with Crippen LogP contribution < -0.4 is 24.8 Å². The number of anilines is 3. The molecule has 11 nitrogen and oxygen atoms in total. The summed E-state index contributed by atoms with van der Waals surface area (Å²) in [5.41, 5.74) is 1.92. The Balaban J connectivity index is 1.12. The molecule has 0 radical (unpaired) electrons. The number of carbonyl (C=O) groups excluding carboxylic acids is 3. The third kappa shape index (κ3) is 7.23. The van der Waals surface area contributed by atoms with Crippen molar-refractivity contribution in [2.75, 3.05) is 54.7 Å². The van der Waals surface area contributed by atoms with E-state index in [1.54, 1.807) is 47.1 Å². The van der Waals surface area contributed by atoms with Gasteiger partial charge in [-0.05, 0) is 79.5 Å². The zero-order valence-electron chi connectivity index (χ0n) is 31.4. The molecule has 3 aliphatic heterocycles. The number of fused-ring (bicyclic) bond motifs is 1. The van der Waals surface area contributed by atoms with Crippen LogP contribution in [0.3, 0.4) is 0 Å². The van der Waals surface area contributed by atoms with Gasteiger partial charge in [0.15, 0.2) is 5.60 Å². The Kier molecular flexibility index (Phi) is 11.1. The number of piperidine rings is 1. The summed E-state index contributed by atoms with van der Waals surface area (Å²) >= 11 is 0. The average Bonchev–Trinajstić information content (AvgIpc) is 3.61. The monoisotopic (exact) mass is 743 g/mol. The number of amides is 3. The summed E-state index contributed by atoms with van der Waals surface area (Å²) in [5, 5.41) is 25.4. The fourth-order valence-corrected chi connectivity index (χ4v) is 8.24. The fourth-order valence-electron chi connectivity index (χ4n) is 8.24. The Hall–Kier alpha value is -5.49. The molecular weight excluding hydrogens is 695 g/mol. The number of hydrogen-bond donors (Lipinski definition) is 3. The highest BCUT2D eigenvalue weighted by atomic mass is 16.5. The van der Waals surface area contributed by atoms with Gasteiger partial charge in [0.2, 0.25) is 5.91 Å². The molecule has 0 unspecified atom stereocenters. The van der Waals surface area contributed by atoms with Gasteiger partial charge in [-0.3, -0.25) is 19.3 Å². The van der Waals surface area contributed by atoms with Crippen molar-refractivity contribution in [2.45, 2.75) is 50.4 Å². The lowest BCUT2D eigenvalue weighted by molar-refractivity contribution is -0.139. The fraction of sp³-hybridized carbons (Fsp3) is 0.341. The zero-order valence-corrected chi connectivity index (χ0v) is 31.4. The van der Waals surface area contributed by atoms with Gasteiger partial charge in [0.25, 0.3) is 11.8 Å². The number of aliphatic hydroxyl groups excluding tert-OH is 1. The maximum absolute atomic E-state index is 14.4. The first-order valence-corrected chi connectivity index (χ1v) is 19.0. The number of nitrogens with zero attached hydrogens (tertiary/aromatic N) is 4. The minimum atomic E-state index is -1.93. The van der Waals surface area contributed by atoms with Crippen LogP contribution >= 0.6 is 0 Å². The zero-order chi connectivity index (χ0) is 38.6. The third-order valence-corrected chi connectivity index (χ3v) is 11.3. The lowest BCUT2D eigenvalue weighted by Crippen LogP contribution is -2.55. The van der Waals surface area contributed by atoms with Gasteiger partial charge < -0.3 is 35.0 Å². The molecule has 3 heterocycles. The minimum absolute atomic E-state index is 0.0393. The quantitative estimate of drug-likeness (QED) is 0.164. The van der Waals surface area contributed by atoms with Gasteiger partial charge in [0.05, 0.1) is 32.6 Å². The Labute approximate surface area is 322 Å². The number of aliphatic hydroxyl groups is 2. The van der Waals surface area contributed by atoms with E-state index in [1.807, 2.05) is 77.7 Å². The SMILES string of the molecule is COc1ccc2c(c1)[C@](O)([C@@H](C)/C=C/CC(=O)N(CCO)Cc1ccccc1)C(=O)N2Cc1cccc(N2CN(c3ccccc3)C3(CCNCC3)C2=O)c1. The Morgan fingerprint density at radius 2 is 1.60 bits per heavy atom. The normalized spacial score (nSPS) is 19.7. The summed E-state index contributed by atoms with van der Waals surface area (Å²) in [7, 11) is 1.54. The largest absolute Gasteiger partial charge is 0.497 e. The van der Waals surface area contributed by atoms with Gasteiger partial charge in [-0.25, -0.2) is 0 Å². The molecule has 1 spiro atoms. The molecule has 3 amide bonds.